The molecule has 0 unspecified atom stereocenters. The van der Waals surface area contributed by atoms with Crippen molar-refractivity contribution in [1.82, 2.24) is 19.7 Å². The zero-order valence-corrected chi connectivity index (χ0v) is 42.4. The number of carbonyl (C=O) groups excluding carboxylic acids is 5. The molecule has 1 N–H and O–H groups in total. The van der Waals surface area contributed by atoms with E-state index < -0.39 is 133 Å². The molecule has 20 nitrogen and oxygen atoms in total. The number of hydrogen-bond acceptors (Lipinski definition) is 16. The Morgan fingerprint density at radius 2 is 1.64 bits per heavy atom. The van der Waals surface area contributed by atoms with Gasteiger partial charge in [-0.1, -0.05) is 11.2 Å². The van der Waals surface area contributed by atoms with E-state index in [4.69, 9.17) is 37.4 Å². The van der Waals surface area contributed by atoms with Gasteiger partial charge in [-0.25, -0.2) is 22.7 Å². The highest BCUT2D eigenvalue weighted by molar-refractivity contribution is 7.48. The third-order valence-corrected chi connectivity index (χ3v) is 13.8. The zero-order chi connectivity index (χ0) is 51.7. The Kier molecular flexibility index (Phi) is 16.0. The minimum absolute atomic E-state index is 0.0567. The number of oxime groups is 1. The molecule has 2 aromatic rings. The zero-order valence-electron chi connectivity index (χ0n) is 41.5. The summed E-state index contributed by atoms with van der Waals surface area (Å²) in [5.74, 6) is -6.85. The molecule has 5 atom stereocenters. The number of pyridine rings is 1. The van der Waals surface area contributed by atoms with E-state index >= 15 is 0 Å². The third kappa shape index (κ3) is 13.1. The van der Waals surface area contributed by atoms with Crippen LogP contribution in [0.4, 0.5) is 13.6 Å². The number of halogens is 2. The fourth-order valence-electron chi connectivity index (χ4n) is 8.68. The Bertz CT molecular complexity index is 2480. The number of phosphoric acid groups is 1. The third-order valence-electron chi connectivity index (χ3n) is 11.9. The van der Waals surface area contributed by atoms with Gasteiger partial charge in [0.2, 0.25) is 24.8 Å². The molecule has 6 rings (SSSR count). The SMILES string of the molecule is CC1=NO[C@@]2(CC[C@H](C)N3C[C@H]2n2cc(C(=O)NCc4ccc(F)cc4F)c(=O)c(OCOC(=O)[C@@H]4CC[C@@H]4CN(CC(=O)OC(C)(C)C)C(=O)OCOP(=O)(OC(C)(C)C)OC(C)(C)C)c2C3=O)C1. The van der Waals surface area contributed by atoms with E-state index in [0.29, 0.717) is 43.9 Å². The summed E-state index contributed by atoms with van der Waals surface area (Å²) in [6, 6.07) is 1.86. The summed E-state index contributed by atoms with van der Waals surface area (Å²) in [5.41, 5.74) is -4.91. The summed E-state index contributed by atoms with van der Waals surface area (Å²) in [4.78, 5) is 91.5. The van der Waals surface area contributed by atoms with Gasteiger partial charge in [0.25, 0.3) is 11.8 Å². The molecule has 386 valence electrons. The van der Waals surface area contributed by atoms with Crippen LogP contribution in [0, 0.1) is 23.5 Å². The molecule has 1 aromatic carbocycles. The smallest absolute Gasteiger partial charge is 0.459 e. The summed E-state index contributed by atoms with van der Waals surface area (Å²) in [6.07, 6.45) is 2.27. The first-order chi connectivity index (χ1) is 32.5. The summed E-state index contributed by atoms with van der Waals surface area (Å²) >= 11 is 0. The number of benzene rings is 1. The van der Waals surface area contributed by atoms with Crippen LogP contribution >= 0.6 is 7.82 Å². The second-order valence-corrected chi connectivity index (χ2v) is 22.6. The van der Waals surface area contributed by atoms with Gasteiger partial charge >= 0.3 is 25.9 Å². The van der Waals surface area contributed by atoms with Gasteiger partial charge in [-0.15, -0.1) is 0 Å². The van der Waals surface area contributed by atoms with Gasteiger partial charge in [0.15, 0.2) is 11.3 Å². The number of aromatic nitrogens is 1. The summed E-state index contributed by atoms with van der Waals surface area (Å²) in [7, 11) is -4.30. The minimum atomic E-state index is -4.30. The quantitative estimate of drug-likeness (QED) is 0.0761. The number of fused-ring (bicyclic) bond motifs is 5. The van der Waals surface area contributed by atoms with Crippen LogP contribution in [-0.2, 0) is 53.3 Å². The van der Waals surface area contributed by atoms with E-state index in [9.17, 15) is 42.1 Å². The predicted molar refractivity (Wildman–Crippen MR) is 245 cm³/mol. The molecule has 2 bridgehead atoms. The number of carbonyl (C=O) groups is 5. The molecule has 3 amide bonds. The lowest BCUT2D eigenvalue weighted by Crippen LogP contribution is -2.52. The number of nitrogens with one attached hydrogen (secondary N) is 1. The van der Waals surface area contributed by atoms with Crippen LogP contribution in [0.3, 0.4) is 0 Å². The number of amides is 3. The van der Waals surface area contributed by atoms with E-state index in [1.54, 1.807) is 74.1 Å². The van der Waals surface area contributed by atoms with Crippen LogP contribution in [-0.4, -0.2) is 112 Å². The van der Waals surface area contributed by atoms with E-state index in [1.807, 2.05) is 6.92 Å². The fourth-order valence-corrected chi connectivity index (χ4v) is 10.4. The van der Waals surface area contributed by atoms with Gasteiger partial charge in [0.1, 0.15) is 29.3 Å². The van der Waals surface area contributed by atoms with Crippen molar-refractivity contribution < 1.29 is 74.7 Å². The second-order valence-electron chi connectivity index (χ2n) is 21.0. The second kappa shape index (κ2) is 20.7. The van der Waals surface area contributed by atoms with Gasteiger partial charge in [-0.05, 0) is 114 Å². The van der Waals surface area contributed by atoms with Gasteiger partial charge < -0.3 is 38.6 Å². The Morgan fingerprint density at radius 1 is 0.957 bits per heavy atom. The molecule has 23 heteroatoms. The van der Waals surface area contributed by atoms with Crippen molar-refractivity contribution in [2.75, 3.05) is 33.2 Å². The van der Waals surface area contributed by atoms with Crippen molar-refractivity contribution in [3.05, 3.63) is 63.1 Å². The van der Waals surface area contributed by atoms with E-state index in [2.05, 4.69) is 10.5 Å². The maximum Gasteiger partial charge on any atom is 0.478 e. The predicted octanol–water partition coefficient (Wildman–Crippen LogP) is 7.17. The van der Waals surface area contributed by atoms with E-state index in [1.165, 1.54) is 10.8 Å². The Hall–Kier alpha value is -5.44. The average Bonchev–Trinajstić information content (AvgIpc) is 3.54. The van der Waals surface area contributed by atoms with Crippen LogP contribution in [0.25, 0.3) is 0 Å². The summed E-state index contributed by atoms with van der Waals surface area (Å²) in [6.45, 7) is 15.6. The molecule has 1 saturated heterocycles. The van der Waals surface area contributed by atoms with Gasteiger partial charge in [0.05, 0.1) is 28.9 Å². The van der Waals surface area contributed by atoms with Crippen LogP contribution in [0.1, 0.15) is 141 Å². The number of phosphoric ester groups is 1. The van der Waals surface area contributed by atoms with Crippen molar-refractivity contribution in [2.45, 2.75) is 149 Å². The molecule has 0 radical (unpaired) electrons. The Balaban J connectivity index is 1.21. The first kappa shape index (κ1) is 53.9. The number of nitrogens with zero attached hydrogens (tertiary/aromatic N) is 4. The van der Waals surface area contributed by atoms with Crippen LogP contribution in [0.5, 0.6) is 5.75 Å². The molecular formula is C47H64F2N5O15P. The van der Waals surface area contributed by atoms with Crippen LogP contribution in [0.2, 0.25) is 0 Å². The average molecular weight is 1010 g/mol. The van der Waals surface area contributed by atoms with Crippen molar-refractivity contribution in [3.63, 3.8) is 0 Å². The van der Waals surface area contributed by atoms with Crippen molar-refractivity contribution in [1.29, 1.82) is 0 Å². The first-order valence-electron chi connectivity index (χ1n) is 23.1. The van der Waals surface area contributed by atoms with Crippen LogP contribution in [0.15, 0.2) is 34.3 Å². The lowest BCUT2D eigenvalue weighted by molar-refractivity contribution is -0.162. The standard InChI is InChI=1S/C47H64F2N5O15P/c1-27-19-47(67-51-27)17-16-28(2)53-23-35(47)54-22-33(40(57)50-20-29-12-14-31(48)18-34(29)49)38(56)39(37(54)41(53)58)62-25-63-42(59)32-15-13-30(32)21-52(24-36(55)66-44(3,4)5)43(60)64-26-65-70(61,68-45(6,7)8)69-46(9,10)11/h12,14,18,22,28,30,32,35H,13,15-17,19-21,23-26H2,1-11H3,(H,50,57)/t28-,30+,32+,35+,47-/m0/s1. The molecule has 4 heterocycles. The molecule has 1 aliphatic carbocycles. The highest BCUT2D eigenvalue weighted by atomic mass is 31.2. The van der Waals surface area contributed by atoms with E-state index in [0.717, 1.165) is 17.0 Å². The maximum atomic E-state index is 14.6. The minimum Gasteiger partial charge on any atom is -0.459 e. The normalized spacial score (nSPS) is 22.2. The monoisotopic (exact) mass is 1010 g/mol. The van der Waals surface area contributed by atoms with Crippen molar-refractivity contribution >= 4 is 43.4 Å². The molecule has 1 spiro atoms. The number of rotatable bonds is 16. The number of esters is 2. The first-order valence-corrected chi connectivity index (χ1v) is 24.6. The molecule has 1 saturated carbocycles. The lowest BCUT2D eigenvalue weighted by atomic mass is 9.73. The largest absolute Gasteiger partial charge is 0.478 e. The molecule has 2 fully saturated rings. The highest BCUT2D eigenvalue weighted by Crippen LogP contribution is 2.55. The van der Waals surface area contributed by atoms with Crippen molar-refractivity contribution in [2.24, 2.45) is 17.0 Å². The van der Waals surface area contributed by atoms with Crippen molar-refractivity contribution in [3.8, 4) is 5.75 Å². The number of ether oxygens (including phenoxy) is 4. The summed E-state index contributed by atoms with van der Waals surface area (Å²) in [5, 5.41) is 6.72. The van der Waals surface area contributed by atoms with Gasteiger partial charge in [0, 0.05) is 49.9 Å². The van der Waals surface area contributed by atoms with Crippen LogP contribution < -0.4 is 15.5 Å². The topological polar surface area (TPSA) is 229 Å². The highest BCUT2D eigenvalue weighted by Gasteiger charge is 2.54. The summed E-state index contributed by atoms with van der Waals surface area (Å²) < 4.78 is 81.9. The Morgan fingerprint density at radius 3 is 2.23 bits per heavy atom. The molecule has 3 aliphatic heterocycles. The maximum absolute atomic E-state index is 14.6. The molecule has 1 aromatic heterocycles. The molecular weight excluding hydrogens is 944 g/mol. The van der Waals surface area contributed by atoms with Gasteiger partial charge in [-0.2, -0.15) is 0 Å². The molecule has 70 heavy (non-hydrogen) atoms. The molecule has 4 aliphatic rings. The number of hydrogen-bond donors (Lipinski definition) is 1. The lowest BCUT2D eigenvalue weighted by Gasteiger charge is -2.42. The fraction of sp³-hybridized carbons (Fsp3) is 0.638. The van der Waals surface area contributed by atoms with Gasteiger partial charge in [-0.3, -0.25) is 37.9 Å². The Labute approximate surface area is 405 Å². The van der Waals surface area contributed by atoms with E-state index in [-0.39, 0.29) is 30.4 Å².